The summed E-state index contributed by atoms with van der Waals surface area (Å²) in [6, 6.07) is 0. The molecule has 2 aliphatic heterocycles. The number of phosphoric acid groups is 1. The van der Waals surface area contributed by atoms with Crippen LogP contribution in [0.3, 0.4) is 0 Å². The molecule has 24 nitrogen and oxygen atoms in total. The number of rotatable bonds is 58. The van der Waals surface area contributed by atoms with Crippen LogP contribution in [0.2, 0.25) is 0 Å². The molecule has 0 amide bonds. The van der Waals surface area contributed by atoms with Gasteiger partial charge in [-0.15, -0.1) is 0 Å². The standard InChI is InChI=1S/C73H131O24P/c1-4-7-10-13-16-19-22-25-27-30-33-36-39-42-45-48-58(76)90-53-56-61(79)63(81)68(86)73(94-56)96-70-66(84)64(82)65(83)69(95-72-67(85)62(80)60(78)55(50-74)93-72)71(70)97-98(87,88)91-52-54(51-89-57(75)47-44-41-38-35-32-29-24-21-18-15-12-9-6-3)92-59(77)49-46-43-40-37-34-31-28-26-23-20-17-14-11-8-5-2/h19-20,22-23,29,32,54-56,60-74,78-86H,4-18,21,24-28,30-31,33-53H2,1-3H3,(H,87,88)/b22-19-,23-20-,32-29-. The Morgan fingerprint density at radius 1 is 0.388 bits per heavy atom. The van der Waals surface area contributed by atoms with Crippen molar-refractivity contribution in [2.24, 2.45) is 0 Å². The summed E-state index contributed by atoms with van der Waals surface area (Å²) in [5.74, 6) is -2.02. The van der Waals surface area contributed by atoms with Crippen molar-refractivity contribution in [3.63, 3.8) is 0 Å². The van der Waals surface area contributed by atoms with Gasteiger partial charge in [0.05, 0.1) is 13.2 Å². The minimum absolute atomic E-state index is 0.0218. The average molecular weight is 1420 g/mol. The van der Waals surface area contributed by atoms with Crippen LogP contribution < -0.4 is 0 Å². The molecule has 0 aromatic carbocycles. The van der Waals surface area contributed by atoms with Crippen molar-refractivity contribution < 1.29 is 117 Å². The number of hydrogen-bond acceptors (Lipinski definition) is 23. The summed E-state index contributed by atoms with van der Waals surface area (Å²) in [5.41, 5.74) is 0. The molecule has 2 saturated heterocycles. The van der Waals surface area contributed by atoms with E-state index in [0.717, 1.165) is 135 Å². The summed E-state index contributed by atoms with van der Waals surface area (Å²) in [5, 5.41) is 110. The molecular weight excluding hydrogens is 1290 g/mol. The fraction of sp³-hybridized carbons (Fsp3) is 0.877. The highest BCUT2D eigenvalue weighted by Crippen LogP contribution is 2.49. The number of phosphoric ester groups is 1. The molecule has 1 saturated carbocycles. The molecule has 11 N–H and O–H groups in total. The van der Waals surface area contributed by atoms with Crippen LogP contribution in [0.5, 0.6) is 0 Å². The Morgan fingerprint density at radius 3 is 1.12 bits per heavy atom. The van der Waals surface area contributed by atoms with Crippen molar-refractivity contribution in [1.29, 1.82) is 0 Å². The fourth-order valence-electron chi connectivity index (χ4n) is 12.2. The molecule has 25 heteroatoms. The monoisotopic (exact) mass is 1420 g/mol. The van der Waals surface area contributed by atoms with Crippen LogP contribution in [0, 0.1) is 0 Å². The van der Waals surface area contributed by atoms with Gasteiger partial charge in [0, 0.05) is 19.3 Å². The molecule has 3 fully saturated rings. The number of esters is 3. The lowest BCUT2D eigenvalue weighted by Crippen LogP contribution is -2.69. The molecule has 0 spiro atoms. The number of unbranched alkanes of at least 4 members (excludes halogenated alkanes) is 31. The van der Waals surface area contributed by atoms with Crippen LogP contribution in [0.25, 0.3) is 0 Å². The zero-order chi connectivity index (χ0) is 71.8. The number of allylic oxidation sites excluding steroid dienone is 6. The Hall–Kier alpha value is -2.82. The van der Waals surface area contributed by atoms with Gasteiger partial charge in [0.2, 0.25) is 0 Å². The molecule has 0 bridgehead atoms. The summed E-state index contributed by atoms with van der Waals surface area (Å²) < 4.78 is 65.0. The summed E-state index contributed by atoms with van der Waals surface area (Å²) in [7, 11) is -5.70. The summed E-state index contributed by atoms with van der Waals surface area (Å²) in [6.07, 6.45) is 16.4. The summed E-state index contributed by atoms with van der Waals surface area (Å²) in [4.78, 5) is 51.0. The first-order valence-corrected chi connectivity index (χ1v) is 39.3. The third-order valence-electron chi connectivity index (χ3n) is 18.4. The van der Waals surface area contributed by atoms with Crippen LogP contribution in [0.1, 0.15) is 278 Å². The van der Waals surface area contributed by atoms with Crippen LogP contribution in [0.4, 0.5) is 0 Å². The maximum Gasteiger partial charge on any atom is 0.472 e. The first kappa shape index (κ1) is 89.4. The van der Waals surface area contributed by atoms with E-state index in [1.165, 1.54) is 83.5 Å². The van der Waals surface area contributed by atoms with E-state index >= 15 is 0 Å². The molecule has 1 aliphatic carbocycles. The molecular formula is C73H131O24P. The third-order valence-corrected chi connectivity index (χ3v) is 19.3. The number of hydrogen-bond donors (Lipinski definition) is 11. The maximum atomic E-state index is 14.3. The van der Waals surface area contributed by atoms with Gasteiger partial charge in [-0.05, 0) is 96.3 Å². The SMILES string of the molecule is CCCCCC/C=C\CCCCCCCCCC(=O)OCC1OC(OC2C(O)C(O)C(O)C(OC3OC(CO)C(O)C(O)C3O)C2OP(=O)(O)OCC(COC(=O)CCCCC/C=C\CCCCCCCC)OC(=O)CCCCCCCCC/C=C\CCCCCC)C(O)C(O)C1O. The van der Waals surface area contributed by atoms with Crippen LogP contribution >= 0.6 is 7.82 Å². The molecule has 18 atom stereocenters. The molecule has 2 heterocycles. The number of carbonyl (C=O) groups is 3. The zero-order valence-corrected chi connectivity index (χ0v) is 60.5. The van der Waals surface area contributed by atoms with Crippen LogP contribution in [-0.4, -0.2) is 204 Å². The van der Waals surface area contributed by atoms with Gasteiger partial charge in [-0.2, -0.15) is 0 Å². The predicted molar refractivity (Wildman–Crippen MR) is 370 cm³/mol. The predicted octanol–water partition coefficient (Wildman–Crippen LogP) is 10.3. The van der Waals surface area contributed by atoms with Crippen molar-refractivity contribution in [3.05, 3.63) is 36.5 Å². The second kappa shape index (κ2) is 54.8. The van der Waals surface area contributed by atoms with E-state index in [0.29, 0.717) is 19.3 Å². The summed E-state index contributed by atoms with van der Waals surface area (Å²) >= 11 is 0. The zero-order valence-electron chi connectivity index (χ0n) is 59.6. The van der Waals surface area contributed by atoms with E-state index in [1.54, 1.807) is 0 Å². The molecule has 3 rings (SSSR count). The van der Waals surface area contributed by atoms with Crippen molar-refractivity contribution >= 4 is 25.7 Å². The lowest BCUT2D eigenvalue weighted by atomic mass is 9.84. The van der Waals surface area contributed by atoms with E-state index in [-0.39, 0.29) is 19.3 Å². The van der Waals surface area contributed by atoms with Gasteiger partial charge in [0.25, 0.3) is 0 Å². The van der Waals surface area contributed by atoms with Gasteiger partial charge in [0.15, 0.2) is 18.7 Å². The lowest BCUT2D eigenvalue weighted by molar-refractivity contribution is -0.360. The number of aliphatic hydroxyl groups excluding tert-OH is 10. The largest absolute Gasteiger partial charge is 0.472 e. The maximum absolute atomic E-state index is 14.3. The molecule has 0 aromatic heterocycles. The minimum atomic E-state index is -5.70. The quantitative estimate of drug-likeness (QED) is 0.00886. The van der Waals surface area contributed by atoms with E-state index in [4.69, 9.17) is 42.2 Å². The molecule has 98 heavy (non-hydrogen) atoms. The second-order valence-corrected chi connectivity index (χ2v) is 28.4. The van der Waals surface area contributed by atoms with Crippen molar-refractivity contribution in [2.45, 2.75) is 382 Å². The number of aliphatic hydroxyl groups is 10. The highest BCUT2D eigenvalue weighted by molar-refractivity contribution is 7.47. The lowest BCUT2D eigenvalue weighted by Gasteiger charge is -2.49. The molecule has 3 aliphatic rings. The van der Waals surface area contributed by atoms with E-state index < -0.39 is 156 Å². The smallest absolute Gasteiger partial charge is 0.463 e. The third kappa shape index (κ3) is 37.6. The molecule has 18 unspecified atom stereocenters. The molecule has 0 radical (unpaired) electrons. The Bertz CT molecular complexity index is 2170. The van der Waals surface area contributed by atoms with Crippen molar-refractivity contribution in [3.8, 4) is 0 Å². The average Bonchev–Trinajstić information content (AvgIpc) is 0.761. The van der Waals surface area contributed by atoms with E-state index in [9.17, 15) is 74.9 Å². The van der Waals surface area contributed by atoms with Crippen LogP contribution in [0.15, 0.2) is 36.5 Å². The Morgan fingerprint density at radius 2 is 0.714 bits per heavy atom. The Kier molecular flexibility index (Phi) is 50.0. The Balaban J connectivity index is 1.74. The first-order valence-electron chi connectivity index (χ1n) is 37.8. The molecule has 572 valence electrons. The Labute approximate surface area is 585 Å². The topological polar surface area (TPSA) is 374 Å². The van der Waals surface area contributed by atoms with Crippen LogP contribution in [-0.2, 0) is 61.2 Å². The van der Waals surface area contributed by atoms with Gasteiger partial charge < -0.3 is 89.1 Å². The van der Waals surface area contributed by atoms with Gasteiger partial charge in [-0.1, -0.05) is 198 Å². The normalized spacial score (nSPS) is 27.8. The second-order valence-electron chi connectivity index (χ2n) is 27.0. The number of carbonyl (C=O) groups excluding carboxylic acids is 3. The fourth-order valence-corrected chi connectivity index (χ4v) is 13.1. The van der Waals surface area contributed by atoms with Gasteiger partial charge in [0.1, 0.15) is 98.7 Å². The molecule has 0 aromatic rings. The van der Waals surface area contributed by atoms with Crippen molar-refractivity contribution in [1.82, 2.24) is 0 Å². The highest BCUT2D eigenvalue weighted by atomic mass is 31.2. The number of ether oxygens (including phenoxy) is 7. The van der Waals surface area contributed by atoms with Gasteiger partial charge >= 0.3 is 25.7 Å². The highest BCUT2D eigenvalue weighted by Gasteiger charge is 2.58. The van der Waals surface area contributed by atoms with Crippen molar-refractivity contribution in [2.75, 3.05) is 26.4 Å². The first-order chi connectivity index (χ1) is 47.3. The van der Waals surface area contributed by atoms with E-state index in [2.05, 4.69) is 57.2 Å². The summed E-state index contributed by atoms with van der Waals surface area (Å²) in [6.45, 7) is 3.38. The van der Waals surface area contributed by atoms with E-state index in [1.807, 2.05) is 0 Å². The minimum Gasteiger partial charge on any atom is -0.463 e. The van der Waals surface area contributed by atoms with Gasteiger partial charge in [-0.25, -0.2) is 4.57 Å². The van der Waals surface area contributed by atoms with Gasteiger partial charge in [-0.3, -0.25) is 23.4 Å².